The van der Waals surface area contributed by atoms with Gasteiger partial charge in [0, 0.05) is 45.0 Å². The minimum absolute atomic E-state index is 0.0395. The minimum Gasteiger partial charge on any atom is -0.376 e. The van der Waals surface area contributed by atoms with Crippen molar-refractivity contribution >= 4 is 0 Å². The monoisotopic (exact) mass is 343 g/mol. The Hall–Kier alpha value is -1.82. The number of hydrogen-bond donors (Lipinski definition) is 1. The van der Waals surface area contributed by atoms with E-state index in [2.05, 4.69) is 39.5 Å². The summed E-state index contributed by atoms with van der Waals surface area (Å²) in [7, 11) is 0. The fraction of sp³-hybridized carbons (Fsp3) is 0.450. The normalized spacial score (nSPS) is 20.2. The summed E-state index contributed by atoms with van der Waals surface area (Å²) >= 11 is 0. The first-order chi connectivity index (χ1) is 12.2. The summed E-state index contributed by atoms with van der Waals surface area (Å²) in [5, 5.41) is 3.45. The second kappa shape index (κ2) is 9.04. The van der Waals surface area contributed by atoms with Gasteiger partial charge in [0.05, 0.1) is 12.3 Å². The lowest BCUT2D eigenvalue weighted by molar-refractivity contribution is 0.0518. The van der Waals surface area contributed by atoms with Gasteiger partial charge in [0.25, 0.3) is 0 Å². The molecule has 0 saturated carbocycles. The van der Waals surface area contributed by atoms with E-state index >= 15 is 0 Å². The number of nitrogens with zero attached hydrogens (tertiary/aromatic N) is 2. The van der Waals surface area contributed by atoms with Gasteiger partial charge in [0.2, 0.25) is 0 Å². The zero-order chi connectivity index (χ0) is 17.5. The van der Waals surface area contributed by atoms with Crippen molar-refractivity contribution in [3.05, 3.63) is 65.7 Å². The highest BCUT2D eigenvalue weighted by Gasteiger charge is 2.19. The zero-order valence-electron chi connectivity index (χ0n) is 14.7. The number of nitrogens with one attached hydrogen (secondary N) is 1. The van der Waals surface area contributed by atoms with Crippen LogP contribution in [0.15, 0.2) is 48.8 Å². The minimum atomic E-state index is -0.300. The van der Waals surface area contributed by atoms with Crippen molar-refractivity contribution in [2.45, 2.75) is 32.0 Å². The molecule has 0 amide bonds. The van der Waals surface area contributed by atoms with Gasteiger partial charge in [-0.2, -0.15) is 0 Å². The van der Waals surface area contributed by atoms with Crippen LogP contribution in [0.3, 0.4) is 0 Å². The topological polar surface area (TPSA) is 37.4 Å². The van der Waals surface area contributed by atoms with E-state index in [1.807, 2.05) is 13.0 Å². The number of hydrogen-bond acceptors (Lipinski definition) is 4. The van der Waals surface area contributed by atoms with E-state index in [-0.39, 0.29) is 18.0 Å². The fourth-order valence-electron chi connectivity index (χ4n) is 3.17. The molecule has 3 rings (SSSR count). The molecule has 1 aliphatic rings. The van der Waals surface area contributed by atoms with Gasteiger partial charge in [-0.15, -0.1) is 0 Å². The Morgan fingerprint density at radius 2 is 2.16 bits per heavy atom. The van der Waals surface area contributed by atoms with Crippen molar-refractivity contribution in [2.75, 3.05) is 26.2 Å². The molecule has 1 fully saturated rings. The van der Waals surface area contributed by atoms with Gasteiger partial charge in [-0.3, -0.25) is 9.88 Å². The van der Waals surface area contributed by atoms with E-state index in [9.17, 15) is 4.39 Å². The number of pyridine rings is 1. The van der Waals surface area contributed by atoms with Crippen LogP contribution in [0.5, 0.6) is 0 Å². The standard InChI is InChI=1S/C20H26FN3O/c1-16(18-10-19(21)12-22-11-18)23-13-20-15-24(8-5-9-25-20)14-17-6-3-2-4-7-17/h2-4,6-7,10-12,16,20,23H,5,8-9,13-15H2,1H3/t16-,20-/m1/s1. The molecule has 1 aromatic carbocycles. The zero-order valence-corrected chi connectivity index (χ0v) is 14.7. The molecule has 1 saturated heterocycles. The van der Waals surface area contributed by atoms with E-state index in [1.54, 1.807) is 6.20 Å². The average molecular weight is 343 g/mol. The summed E-state index contributed by atoms with van der Waals surface area (Å²) in [6.45, 7) is 6.44. The van der Waals surface area contributed by atoms with Gasteiger partial charge in [0.1, 0.15) is 5.82 Å². The molecule has 1 aliphatic heterocycles. The van der Waals surface area contributed by atoms with Crippen molar-refractivity contribution in [2.24, 2.45) is 0 Å². The highest BCUT2D eigenvalue weighted by molar-refractivity contribution is 5.15. The summed E-state index contributed by atoms with van der Waals surface area (Å²) < 4.78 is 19.3. The van der Waals surface area contributed by atoms with Gasteiger partial charge in [-0.05, 0) is 30.5 Å². The highest BCUT2D eigenvalue weighted by atomic mass is 19.1. The molecule has 134 valence electrons. The van der Waals surface area contributed by atoms with Crippen LogP contribution in [0.25, 0.3) is 0 Å². The third-order valence-corrected chi connectivity index (χ3v) is 4.56. The summed E-state index contributed by atoms with van der Waals surface area (Å²) in [5.74, 6) is -0.300. The Kier molecular flexibility index (Phi) is 6.50. The summed E-state index contributed by atoms with van der Waals surface area (Å²) in [6, 6.07) is 12.1. The van der Waals surface area contributed by atoms with Crippen molar-refractivity contribution < 1.29 is 9.13 Å². The summed E-state index contributed by atoms with van der Waals surface area (Å²) in [4.78, 5) is 6.37. The van der Waals surface area contributed by atoms with Gasteiger partial charge in [0.15, 0.2) is 0 Å². The van der Waals surface area contributed by atoms with Crippen LogP contribution in [-0.2, 0) is 11.3 Å². The number of aromatic nitrogens is 1. The molecular formula is C20H26FN3O. The predicted octanol–water partition coefficient (Wildman–Crippen LogP) is 3.16. The van der Waals surface area contributed by atoms with E-state index in [4.69, 9.17) is 4.74 Å². The Bertz CT molecular complexity index is 652. The molecule has 0 unspecified atom stereocenters. The van der Waals surface area contributed by atoms with Crippen LogP contribution in [0.4, 0.5) is 4.39 Å². The van der Waals surface area contributed by atoms with Crippen molar-refractivity contribution in [1.82, 2.24) is 15.2 Å². The summed E-state index contributed by atoms with van der Waals surface area (Å²) in [5.41, 5.74) is 2.19. The van der Waals surface area contributed by atoms with Gasteiger partial charge in [-0.25, -0.2) is 4.39 Å². The van der Waals surface area contributed by atoms with Crippen molar-refractivity contribution in [3.8, 4) is 0 Å². The van der Waals surface area contributed by atoms with Gasteiger partial charge >= 0.3 is 0 Å². The second-order valence-corrected chi connectivity index (χ2v) is 6.63. The maximum absolute atomic E-state index is 13.3. The van der Waals surface area contributed by atoms with E-state index in [0.29, 0.717) is 0 Å². The first kappa shape index (κ1) is 18.0. The molecule has 0 spiro atoms. The van der Waals surface area contributed by atoms with Crippen LogP contribution >= 0.6 is 0 Å². The Morgan fingerprint density at radius 3 is 2.96 bits per heavy atom. The van der Waals surface area contributed by atoms with Crippen LogP contribution < -0.4 is 5.32 Å². The Balaban J connectivity index is 1.52. The average Bonchev–Trinajstić information content (AvgIpc) is 2.85. The Labute approximate surface area is 149 Å². The quantitative estimate of drug-likeness (QED) is 0.874. The molecule has 1 N–H and O–H groups in total. The second-order valence-electron chi connectivity index (χ2n) is 6.63. The number of ether oxygens (including phenoxy) is 1. The molecule has 25 heavy (non-hydrogen) atoms. The van der Waals surface area contributed by atoms with Crippen LogP contribution in [-0.4, -0.2) is 42.2 Å². The van der Waals surface area contributed by atoms with Crippen molar-refractivity contribution in [1.29, 1.82) is 0 Å². The number of rotatable bonds is 6. The third-order valence-electron chi connectivity index (χ3n) is 4.56. The lowest BCUT2D eigenvalue weighted by Gasteiger charge is -2.25. The molecule has 5 heteroatoms. The smallest absolute Gasteiger partial charge is 0.141 e. The first-order valence-corrected chi connectivity index (χ1v) is 8.92. The molecule has 2 aromatic rings. The van der Waals surface area contributed by atoms with Crippen LogP contribution in [0, 0.1) is 5.82 Å². The van der Waals surface area contributed by atoms with Gasteiger partial charge < -0.3 is 10.1 Å². The lowest BCUT2D eigenvalue weighted by atomic mass is 10.1. The van der Waals surface area contributed by atoms with E-state index in [1.165, 1.54) is 17.8 Å². The largest absolute Gasteiger partial charge is 0.376 e. The maximum atomic E-state index is 13.3. The number of benzene rings is 1. The van der Waals surface area contributed by atoms with Crippen LogP contribution in [0.1, 0.15) is 30.5 Å². The first-order valence-electron chi connectivity index (χ1n) is 8.92. The van der Waals surface area contributed by atoms with E-state index < -0.39 is 0 Å². The van der Waals surface area contributed by atoms with Crippen molar-refractivity contribution in [3.63, 3.8) is 0 Å². The maximum Gasteiger partial charge on any atom is 0.141 e. The molecule has 2 atom stereocenters. The lowest BCUT2D eigenvalue weighted by Crippen LogP contribution is -2.38. The molecular weight excluding hydrogens is 317 g/mol. The van der Waals surface area contributed by atoms with Crippen LogP contribution in [0.2, 0.25) is 0 Å². The third kappa shape index (κ3) is 5.59. The molecule has 1 aromatic heterocycles. The molecule has 4 nitrogen and oxygen atoms in total. The molecule has 0 radical (unpaired) electrons. The Morgan fingerprint density at radius 1 is 1.32 bits per heavy atom. The highest BCUT2D eigenvalue weighted by Crippen LogP contribution is 2.14. The summed E-state index contributed by atoms with van der Waals surface area (Å²) in [6.07, 6.45) is 4.12. The van der Waals surface area contributed by atoms with E-state index in [0.717, 1.165) is 44.8 Å². The number of halogens is 1. The SMILES string of the molecule is C[C@@H](NC[C@@H]1CN(Cc2ccccc2)CCCO1)c1cncc(F)c1. The molecule has 2 heterocycles. The molecule has 0 bridgehead atoms. The molecule has 0 aliphatic carbocycles. The van der Waals surface area contributed by atoms with Gasteiger partial charge in [-0.1, -0.05) is 30.3 Å². The predicted molar refractivity (Wildman–Crippen MR) is 96.7 cm³/mol. The fourth-order valence-corrected chi connectivity index (χ4v) is 3.17.